The Labute approximate surface area is 94.7 Å². The number of rotatable bonds is 0. The van der Waals surface area contributed by atoms with Crippen LogP contribution in [0, 0.1) is 5.41 Å². The minimum atomic E-state index is -0.739. The Balaban J connectivity index is 2.20. The third-order valence-electron chi connectivity index (χ3n) is 4.11. The van der Waals surface area contributed by atoms with Gasteiger partial charge < -0.3 is 0 Å². The van der Waals surface area contributed by atoms with Gasteiger partial charge in [-0.1, -0.05) is 24.3 Å². The first kappa shape index (κ1) is 9.76. The van der Waals surface area contributed by atoms with Crippen molar-refractivity contribution in [2.45, 2.75) is 32.1 Å². The largest absolute Gasteiger partial charge is 0.299 e. The maximum Gasteiger partial charge on any atom is 0.153 e. The van der Waals surface area contributed by atoms with Crippen molar-refractivity contribution in [3.63, 3.8) is 0 Å². The quantitative estimate of drug-likeness (QED) is 0.621. The molecule has 2 unspecified atom stereocenters. The van der Waals surface area contributed by atoms with Crippen LogP contribution in [0.5, 0.6) is 0 Å². The molecular weight excluding hydrogens is 200 g/mol. The van der Waals surface area contributed by atoms with Gasteiger partial charge in [-0.15, -0.1) is 0 Å². The highest BCUT2D eigenvalue weighted by Gasteiger charge is 2.51. The summed E-state index contributed by atoms with van der Waals surface area (Å²) in [6, 6.07) is 8.04. The average Bonchev–Trinajstić information content (AvgIpc) is 2.27. The molecule has 1 aromatic carbocycles. The summed E-state index contributed by atoms with van der Waals surface area (Å²) in [6.45, 7) is 1.82. The molecule has 16 heavy (non-hydrogen) atoms. The predicted molar refractivity (Wildman–Crippen MR) is 60.2 cm³/mol. The highest BCUT2D eigenvalue weighted by molar-refractivity contribution is 6.12. The third kappa shape index (κ3) is 1.07. The molecule has 0 aromatic heterocycles. The van der Waals surface area contributed by atoms with Crippen molar-refractivity contribution in [3.8, 4) is 0 Å². The Morgan fingerprint density at radius 2 is 2.00 bits per heavy atom. The summed E-state index contributed by atoms with van der Waals surface area (Å²) in [6.07, 6.45) is 1.85. The van der Waals surface area contributed by atoms with E-state index >= 15 is 0 Å². The zero-order valence-corrected chi connectivity index (χ0v) is 9.32. The minimum Gasteiger partial charge on any atom is -0.299 e. The third-order valence-corrected chi connectivity index (χ3v) is 4.11. The summed E-state index contributed by atoms with van der Waals surface area (Å²) in [5, 5.41) is 0. The molecule has 0 amide bonds. The van der Waals surface area contributed by atoms with Crippen molar-refractivity contribution < 1.29 is 9.59 Å². The van der Waals surface area contributed by atoms with Gasteiger partial charge in [0.15, 0.2) is 5.78 Å². The van der Waals surface area contributed by atoms with Crippen LogP contribution in [0.2, 0.25) is 0 Å². The fraction of sp³-hybridized carbons (Fsp3) is 0.429. The van der Waals surface area contributed by atoms with E-state index < -0.39 is 5.41 Å². The molecule has 3 rings (SSSR count). The molecule has 1 saturated carbocycles. The van der Waals surface area contributed by atoms with Gasteiger partial charge in [-0.25, -0.2) is 0 Å². The van der Waals surface area contributed by atoms with Crippen LogP contribution in [0.25, 0.3) is 0 Å². The Bertz CT molecular complexity index is 489. The summed E-state index contributed by atoms with van der Waals surface area (Å²) < 4.78 is 0. The van der Waals surface area contributed by atoms with Crippen molar-refractivity contribution in [1.29, 1.82) is 0 Å². The second kappa shape index (κ2) is 3.03. The van der Waals surface area contributed by atoms with Crippen LogP contribution in [0.3, 0.4) is 0 Å². The van der Waals surface area contributed by atoms with E-state index in [1.165, 1.54) is 5.56 Å². The number of hydrogen-bond donors (Lipinski definition) is 0. The molecule has 2 heteroatoms. The number of benzene rings is 1. The first-order chi connectivity index (χ1) is 7.63. The lowest BCUT2D eigenvalue weighted by Crippen LogP contribution is -2.48. The molecular formula is C14H14O2. The van der Waals surface area contributed by atoms with Crippen LogP contribution < -0.4 is 0 Å². The zero-order valence-electron chi connectivity index (χ0n) is 9.32. The smallest absolute Gasteiger partial charge is 0.153 e. The van der Waals surface area contributed by atoms with Gasteiger partial charge in [-0.3, -0.25) is 9.59 Å². The number of fused-ring (bicyclic) bond motifs is 4. The highest BCUT2D eigenvalue weighted by Crippen LogP contribution is 2.46. The van der Waals surface area contributed by atoms with E-state index in [-0.39, 0.29) is 17.5 Å². The Hall–Kier alpha value is -1.44. The van der Waals surface area contributed by atoms with Gasteiger partial charge in [-0.2, -0.15) is 0 Å². The van der Waals surface area contributed by atoms with E-state index in [0.717, 1.165) is 5.56 Å². The number of ketones is 2. The second-order valence-electron chi connectivity index (χ2n) is 5.09. The topological polar surface area (TPSA) is 34.1 Å². The molecule has 0 radical (unpaired) electrons. The molecule has 0 saturated heterocycles. The van der Waals surface area contributed by atoms with Crippen molar-refractivity contribution in [1.82, 2.24) is 0 Å². The van der Waals surface area contributed by atoms with Gasteiger partial charge in [0.2, 0.25) is 0 Å². The molecule has 2 atom stereocenters. The van der Waals surface area contributed by atoms with E-state index in [1.807, 2.05) is 31.2 Å². The summed E-state index contributed by atoms with van der Waals surface area (Å²) in [4.78, 5) is 24.2. The lowest BCUT2D eigenvalue weighted by Gasteiger charge is -2.40. The first-order valence-electron chi connectivity index (χ1n) is 5.78. The van der Waals surface area contributed by atoms with Crippen molar-refractivity contribution in [3.05, 3.63) is 35.4 Å². The molecule has 1 aromatic rings. The van der Waals surface area contributed by atoms with Gasteiger partial charge in [0, 0.05) is 12.3 Å². The van der Waals surface area contributed by atoms with Gasteiger partial charge in [0.25, 0.3) is 0 Å². The zero-order chi connectivity index (χ0) is 11.3. The van der Waals surface area contributed by atoms with E-state index in [0.29, 0.717) is 19.3 Å². The standard InChI is InChI=1S/C14H14O2/c1-14-8-9-4-2-3-5-10(9)11(13(14)16)6-7-12(14)15/h2-5,11H,6-8H2,1H3. The monoisotopic (exact) mass is 214 g/mol. The van der Waals surface area contributed by atoms with Gasteiger partial charge in [0.1, 0.15) is 5.78 Å². The molecule has 2 bridgehead atoms. The number of carbonyl (C=O) groups excluding carboxylic acids is 2. The van der Waals surface area contributed by atoms with Crippen LogP contribution in [0.15, 0.2) is 24.3 Å². The lowest BCUT2D eigenvalue weighted by molar-refractivity contribution is -0.144. The normalized spacial score (nSPS) is 32.4. The van der Waals surface area contributed by atoms with Gasteiger partial charge >= 0.3 is 0 Å². The Kier molecular flexibility index (Phi) is 1.85. The Morgan fingerprint density at radius 3 is 2.81 bits per heavy atom. The van der Waals surface area contributed by atoms with E-state index in [1.54, 1.807) is 0 Å². The van der Waals surface area contributed by atoms with Gasteiger partial charge in [0.05, 0.1) is 5.41 Å². The van der Waals surface area contributed by atoms with Crippen LogP contribution in [-0.4, -0.2) is 11.6 Å². The van der Waals surface area contributed by atoms with Crippen LogP contribution in [-0.2, 0) is 16.0 Å². The van der Waals surface area contributed by atoms with Crippen LogP contribution >= 0.6 is 0 Å². The highest BCUT2D eigenvalue weighted by atomic mass is 16.2. The molecule has 0 aliphatic heterocycles. The molecule has 0 heterocycles. The first-order valence-corrected chi connectivity index (χ1v) is 5.78. The molecule has 2 nitrogen and oxygen atoms in total. The average molecular weight is 214 g/mol. The Morgan fingerprint density at radius 1 is 1.25 bits per heavy atom. The molecule has 0 N–H and O–H groups in total. The van der Waals surface area contributed by atoms with Gasteiger partial charge in [-0.05, 0) is 30.9 Å². The maximum atomic E-state index is 12.3. The molecule has 0 spiro atoms. The summed E-state index contributed by atoms with van der Waals surface area (Å²) in [5.41, 5.74) is 1.59. The summed E-state index contributed by atoms with van der Waals surface area (Å²) in [5.74, 6) is 0.235. The molecule has 82 valence electrons. The lowest BCUT2D eigenvalue weighted by atomic mass is 9.59. The molecule has 2 aliphatic rings. The van der Waals surface area contributed by atoms with E-state index in [2.05, 4.69) is 0 Å². The molecule has 1 fully saturated rings. The van der Waals surface area contributed by atoms with E-state index in [9.17, 15) is 9.59 Å². The summed E-state index contributed by atoms with van der Waals surface area (Å²) >= 11 is 0. The number of Topliss-reactive ketones (excluding diaryl/α,β-unsaturated/α-hetero) is 2. The van der Waals surface area contributed by atoms with Crippen molar-refractivity contribution in [2.75, 3.05) is 0 Å². The fourth-order valence-electron chi connectivity index (χ4n) is 3.10. The van der Waals surface area contributed by atoms with Crippen LogP contribution in [0.4, 0.5) is 0 Å². The number of carbonyl (C=O) groups is 2. The summed E-state index contributed by atoms with van der Waals surface area (Å²) in [7, 11) is 0. The SMILES string of the molecule is CC12Cc3ccccc3C(CCC1=O)C2=O. The van der Waals surface area contributed by atoms with Crippen molar-refractivity contribution in [2.24, 2.45) is 5.41 Å². The fourth-order valence-corrected chi connectivity index (χ4v) is 3.10. The van der Waals surface area contributed by atoms with E-state index in [4.69, 9.17) is 0 Å². The molecule has 2 aliphatic carbocycles. The predicted octanol–water partition coefficient (Wildman–Crippen LogP) is 2.26. The number of hydrogen-bond acceptors (Lipinski definition) is 2. The van der Waals surface area contributed by atoms with Crippen LogP contribution in [0.1, 0.15) is 36.8 Å². The second-order valence-corrected chi connectivity index (χ2v) is 5.09. The minimum absolute atomic E-state index is 0.0346. The van der Waals surface area contributed by atoms with Crippen molar-refractivity contribution >= 4 is 11.6 Å². The maximum absolute atomic E-state index is 12.3.